The number of carbonyl (C=O) groups excluding carboxylic acids is 1. The number of piperidine rings is 1. The Morgan fingerprint density at radius 3 is 2.60 bits per heavy atom. The molecule has 0 unspecified atom stereocenters. The van der Waals surface area contributed by atoms with Crippen LogP contribution in [-0.4, -0.2) is 53.9 Å². The standard InChI is InChI=1S/C21H26FN3O3S2/c1-2-24(15-17-7-6-8-18(22)13-17)21(26)16-29-20-10-9-19(14-23-20)30(27,28)25-11-4-3-5-12-25/h6-10,13-14H,2-5,11-12,15-16H2,1H3. The largest absolute Gasteiger partial charge is 0.338 e. The van der Waals surface area contributed by atoms with E-state index in [1.807, 2.05) is 6.92 Å². The molecule has 2 aromatic rings. The Hall–Kier alpha value is -1.97. The van der Waals surface area contributed by atoms with Crippen LogP contribution < -0.4 is 0 Å². The van der Waals surface area contributed by atoms with Crippen molar-refractivity contribution in [2.24, 2.45) is 0 Å². The lowest BCUT2D eigenvalue weighted by Gasteiger charge is -2.25. The van der Waals surface area contributed by atoms with E-state index >= 15 is 0 Å². The molecule has 162 valence electrons. The molecule has 0 radical (unpaired) electrons. The maximum Gasteiger partial charge on any atom is 0.244 e. The maximum absolute atomic E-state index is 13.4. The first-order chi connectivity index (χ1) is 14.4. The van der Waals surface area contributed by atoms with Gasteiger partial charge in [0.1, 0.15) is 10.7 Å². The van der Waals surface area contributed by atoms with Gasteiger partial charge in [0, 0.05) is 32.4 Å². The molecule has 1 saturated heterocycles. The van der Waals surface area contributed by atoms with Crippen molar-refractivity contribution < 1.29 is 17.6 Å². The lowest BCUT2D eigenvalue weighted by Crippen LogP contribution is -2.35. The van der Waals surface area contributed by atoms with Gasteiger partial charge in [0.2, 0.25) is 15.9 Å². The lowest BCUT2D eigenvalue weighted by atomic mass is 10.2. The highest BCUT2D eigenvalue weighted by molar-refractivity contribution is 7.99. The zero-order chi connectivity index (χ0) is 21.6. The van der Waals surface area contributed by atoms with Crippen LogP contribution in [0.25, 0.3) is 0 Å². The molecule has 1 amide bonds. The van der Waals surface area contributed by atoms with Crippen molar-refractivity contribution in [1.29, 1.82) is 0 Å². The molecule has 0 N–H and O–H groups in total. The molecule has 1 aliphatic rings. The Morgan fingerprint density at radius 2 is 1.97 bits per heavy atom. The normalized spacial score (nSPS) is 15.1. The number of sulfonamides is 1. The fourth-order valence-electron chi connectivity index (χ4n) is 3.32. The summed E-state index contributed by atoms with van der Waals surface area (Å²) in [6.45, 7) is 3.82. The maximum atomic E-state index is 13.4. The van der Waals surface area contributed by atoms with Gasteiger partial charge in [0.05, 0.1) is 10.8 Å². The van der Waals surface area contributed by atoms with Gasteiger partial charge >= 0.3 is 0 Å². The second-order valence-corrected chi connectivity index (χ2v) is 10.1. The third-order valence-corrected chi connectivity index (χ3v) is 7.81. The van der Waals surface area contributed by atoms with Crippen LogP contribution in [0, 0.1) is 5.82 Å². The van der Waals surface area contributed by atoms with Crippen molar-refractivity contribution in [2.75, 3.05) is 25.4 Å². The van der Waals surface area contributed by atoms with Crippen molar-refractivity contribution in [2.45, 2.75) is 42.7 Å². The van der Waals surface area contributed by atoms with E-state index in [0.717, 1.165) is 24.8 Å². The highest BCUT2D eigenvalue weighted by Crippen LogP contribution is 2.23. The predicted molar refractivity (Wildman–Crippen MR) is 115 cm³/mol. The first kappa shape index (κ1) is 22.7. The Balaban J connectivity index is 1.57. The van der Waals surface area contributed by atoms with Crippen molar-refractivity contribution in [3.05, 3.63) is 54.0 Å². The monoisotopic (exact) mass is 451 g/mol. The molecule has 0 bridgehead atoms. The van der Waals surface area contributed by atoms with Gasteiger partial charge in [-0.05, 0) is 49.6 Å². The second-order valence-electron chi connectivity index (χ2n) is 7.12. The molecule has 6 nitrogen and oxygen atoms in total. The van der Waals surface area contributed by atoms with E-state index in [1.54, 1.807) is 29.2 Å². The summed E-state index contributed by atoms with van der Waals surface area (Å²) in [5, 5.41) is 0.586. The van der Waals surface area contributed by atoms with Crippen molar-refractivity contribution >= 4 is 27.7 Å². The molecule has 1 aromatic heterocycles. The van der Waals surface area contributed by atoms with Gasteiger partial charge in [0.15, 0.2) is 0 Å². The number of pyridine rings is 1. The average molecular weight is 452 g/mol. The molecule has 30 heavy (non-hydrogen) atoms. The summed E-state index contributed by atoms with van der Waals surface area (Å²) in [6.07, 6.45) is 4.18. The number of halogens is 1. The lowest BCUT2D eigenvalue weighted by molar-refractivity contribution is -0.128. The quantitative estimate of drug-likeness (QED) is 0.574. The van der Waals surface area contributed by atoms with E-state index in [4.69, 9.17) is 0 Å². The van der Waals surface area contributed by atoms with E-state index in [2.05, 4.69) is 4.98 Å². The molecule has 9 heteroatoms. The highest BCUT2D eigenvalue weighted by atomic mass is 32.2. The van der Waals surface area contributed by atoms with Crippen molar-refractivity contribution in [1.82, 2.24) is 14.2 Å². The molecule has 1 fully saturated rings. The summed E-state index contributed by atoms with van der Waals surface area (Å²) in [5.74, 6) is -0.235. The van der Waals surface area contributed by atoms with Gasteiger partial charge in [0.25, 0.3) is 0 Å². The molecule has 1 aromatic carbocycles. The first-order valence-corrected chi connectivity index (χ1v) is 12.4. The van der Waals surface area contributed by atoms with E-state index in [1.165, 1.54) is 34.4 Å². The summed E-state index contributed by atoms with van der Waals surface area (Å²) >= 11 is 1.26. The molecule has 0 saturated carbocycles. The van der Waals surface area contributed by atoms with Crippen molar-refractivity contribution in [3.8, 4) is 0 Å². The zero-order valence-electron chi connectivity index (χ0n) is 17.0. The van der Waals surface area contributed by atoms with Crippen LogP contribution in [0.5, 0.6) is 0 Å². The van der Waals surface area contributed by atoms with Gasteiger partial charge in [-0.25, -0.2) is 17.8 Å². The molecule has 0 spiro atoms. The molecule has 2 heterocycles. The minimum atomic E-state index is -3.51. The number of thioether (sulfide) groups is 1. The summed E-state index contributed by atoms with van der Waals surface area (Å²) in [4.78, 5) is 18.6. The zero-order valence-corrected chi connectivity index (χ0v) is 18.6. The topological polar surface area (TPSA) is 70.6 Å². The van der Waals surface area contributed by atoms with Gasteiger partial charge in [-0.1, -0.05) is 30.3 Å². The number of aromatic nitrogens is 1. The van der Waals surface area contributed by atoms with Crippen LogP contribution in [0.15, 0.2) is 52.5 Å². The molecule has 1 aliphatic heterocycles. The fraction of sp³-hybridized carbons (Fsp3) is 0.429. The third-order valence-electron chi connectivity index (χ3n) is 5.00. The number of amides is 1. The van der Waals surface area contributed by atoms with Gasteiger partial charge in [-0.2, -0.15) is 4.31 Å². The number of hydrogen-bond acceptors (Lipinski definition) is 5. The van der Waals surface area contributed by atoms with E-state index in [0.29, 0.717) is 31.2 Å². The van der Waals surface area contributed by atoms with E-state index < -0.39 is 10.0 Å². The number of benzene rings is 1. The molecule has 3 rings (SSSR count). The van der Waals surface area contributed by atoms with Crippen molar-refractivity contribution in [3.63, 3.8) is 0 Å². The molecular formula is C21H26FN3O3S2. The number of carbonyl (C=O) groups is 1. The van der Waals surface area contributed by atoms with Gasteiger partial charge in [-0.3, -0.25) is 4.79 Å². The minimum absolute atomic E-state index is 0.0847. The summed E-state index contributed by atoms with van der Waals surface area (Å²) in [5.41, 5.74) is 0.737. The van der Waals surface area contributed by atoms with Gasteiger partial charge in [-0.15, -0.1) is 0 Å². The van der Waals surface area contributed by atoms with Crippen LogP contribution in [0.2, 0.25) is 0 Å². The van der Waals surface area contributed by atoms with E-state index in [-0.39, 0.29) is 22.4 Å². The Morgan fingerprint density at radius 1 is 1.20 bits per heavy atom. The van der Waals surface area contributed by atoms with Crippen LogP contribution >= 0.6 is 11.8 Å². The van der Waals surface area contributed by atoms with Gasteiger partial charge < -0.3 is 4.90 Å². The second kappa shape index (κ2) is 10.4. The number of nitrogens with zero attached hydrogens (tertiary/aromatic N) is 3. The van der Waals surface area contributed by atoms with Crippen LogP contribution in [0.4, 0.5) is 4.39 Å². The Labute approximate surface area is 181 Å². The van der Waals surface area contributed by atoms with Crippen LogP contribution in [-0.2, 0) is 21.4 Å². The Bertz CT molecular complexity index is 962. The first-order valence-electron chi connectivity index (χ1n) is 10.0. The molecule has 0 atom stereocenters. The summed E-state index contributed by atoms with van der Waals surface area (Å²) in [6, 6.07) is 9.40. The minimum Gasteiger partial charge on any atom is -0.338 e. The average Bonchev–Trinajstić information content (AvgIpc) is 2.76. The number of hydrogen-bond donors (Lipinski definition) is 0. The van der Waals surface area contributed by atoms with Crippen LogP contribution in [0.3, 0.4) is 0 Å². The SMILES string of the molecule is CCN(Cc1cccc(F)c1)C(=O)CSc1ccc(S(=O)(=O)N2CCCCC2)cn1. The molecular weight excluding hydrogens is 425 g/mol. The van der Waals surface area contributed by atoms with Crippen LogP contribution in [0.1, 0.15) is 31.7 Å². The fourth-order valence-corrected chi connectivity index (χ4v) is 5.53. The summed E-state index contributed by atoms with van der Waals surface area (Å²) < 4.78 is 40.2. The van der Waals surface area contributed by atoms with E-state index in [9.17, 15) is 17.6 Å². The smallest absolute Gasteiger partial charge is 0.244 e. The predicted octanol–water partition coefficient (Wildman–Crippen LogP) is 3.54. The molecule has 0 aliphatic carbocycles. The highest BCUT2D eigenvalue weighted by Gasteiger charge is 2.26. The Kier molecular flexibility index (Phi) is 7.85. The summed E-state index contributed by atoms with van der Waals surface area (Å²) in [7, 11) is -3.51. The third kappa shape index (κ3) is 5.80. The number of rotatable bonds is 8.